The van der Waals surface area contributed by atoms with Gasteiger partial charge in [0.25, 0.3) is 5.91 Å². The van der Waals surface area contributed by atoms with Crippen LogP contribution >= 0.6 is 0 Å². The molecule has 2 aromatic carbocycles. The van der Waals surface area contributed by atoms with E-state index in [0.717, 1.165) is 17.8 Å². The lowest BCUT2D eigenvalue weighted by Gasteiger charge is -2.33. The number of ether oxygens (including phenoxy) is 1. The van der Waals surface area contributed by atoms with Gasteiger partial charge in [-0.25, -0.2) is 8.78 Å². The molecule has 1 aliphatic rings. The van der Waals surface area contributed by atoms with Gasteiger partial charge in [-0.05, 0) is 38.0 Å². The number of aliphatic hydroxyl groups is 1. The summed E-state index contributed by atoms with van der Waals surface area (Å²) in [4.78, 5) is 18.6. The fourth-order valence-electron chi connectivity index (χ4n) is 3.88. The molecule has 0 unspecified atom stereocenters. The van der Waals surface area contributed by atoms with Gasteiger partial charge in [-0.2, -0.15) is 0 Å². The molecule has 1 aliphatic heterocycles. The average molecular weight is 442 g/mol. The minimum Gasteiger partial charge on any atom is -0.492 e. The van der Waals surface area contributed by atoms with Crippen LogP contribution in [-0.2, 0) is 0 Å². The van der Waals surface area contributed by atoms with Crippen molar-refractivity contribution in [2.24, 2.45) is 5.73 Å². The second-order valence-corrected chi connectivity index (χ2v) is 7.65. The number of amides is 1. The zero-order chi connectivity index (χ0) is 22.8. The van der Waals surface area contributed by atoms with Crippen LogP contribution < -0.4 is 20.7 Å². The predicted molar refractivity (Wildman–Crippen MR) is 119 cm³/mol. The molecule has 9 heteroatoms. The number of hydrogen-bond acceptors (Lipinski definition) is 6. The lowest BCUT2D eigenvalue weighted by atomic mass is 10.0. The first-order chi connectivity index (χ1) is 15.4. The summed E-state index contributed by atoms with van der Waals surface area (Å²) in [5.41, 5.74) is 7.20. The fraction of sp³-hybridized carbons (Fsp3) is 0.304. The minimum absolute atomic E-state index is 0.00192. The van der Waals surface area contributed by atoms with Crippen molar-refractivity contribution in [1.82, 2.24) is 4.98 Å². The first-order valence-corrected chi connectivity index (χ1v) is 10.4. The van der Waals surface area contributed by atoms with E-state index in [2.05, 4.69) is 15.2 Å². The van der Waals surface area contributed by atoms with E-state index >= 15 is 0 Å². The molecule has 4 rings (SSSR count). The van der Waals surface area contributed by atoms with Crippen LogP contribution in [0.1, 0.15) is 30.1 Å². The molecule has 2 heterocycles. The van der Waals surface area contributed by atoms with Crippen molar-refractivity contribution in [1.29, 1.82) is 0 Å². The molecule has 1 saturated heterocycles. The van der Waals surface area contributed by atoms with E-state index in [1.165, 1.54) is 12.3 Å². The summed E-state index contributed by atoms with van der Waals surface area (Å²) in [6.07, 6.45) is 2.22. The minimum atomic E-state index is -0.804. The van der Waals surface area contributed by atoms with Gasteiger partial charge in [0.15, 0.2) is 0 Å². The van der Waals surface area contributed by atoms with Crippen LogP contribution in [0.3, 0.4) is 0 Å². The molecule has 1 fully saturated rings. The molecule has 0 atom stereocenters. The molecule has 7 nitrogen and oxygen atoms in total. The Bertz CT molecular complexity index is 1160. The lowest BCUT2D eigenvalue weighted by Crippen LogP contribution is -2.36. The Morgan fingerprint density at radius 2 is 2.03 bits per heavy atom. The summed E-state index contributed by atoms with van der Waals surface area (Å²) in [5, 5.41) is 13.3. The van der Waals surface area contributed by atoms with E-state index < -0.39 is 17.5 Å². The van der Waals surface area contributed by atoms with E-state index in [1.807, 2.05) is 13.0 Å². The number of anilines is 3. The molecule has 0 spiro atoms. The van der Waals surface area contributed by atoms with Gasteiger partial charge in [0.2, 0.25) is 0 Å². The summed E-state index contributed by atoms with van der Waals surface area (Å²) in [5.74, 6) is -1.63. The van der Waals surface area contributed by atoms with Crippen molar-refractivity contribution >= 4 is 33.9 Å². The van der Waals surface area contributed by atoms with Crippen LogP contribution in [0.15, 0.2) is 36.5 Å². The maximum atomic E-state index is 14.4. The number of pyridine rings is 1. The topological polar surface area (TPSA) is 101 Å². The molecule has 4 N–H and O–H groups in total. The number of fused-ring (bicyclic) bond motifs is 1. The monoisotopic (exact) mass is 442 g/mol. The second-order valence-electron chi connectivity index (χ2n) is 7.65. The summed E-state index contributed by atoms with van der Waals surface area (Å²) >= 11 is 0. The number of halogens is 2. The van der Waals surface area contributed by atoms with Crippen molar-refractivity contribution in [2.75, 3.05) is 29.9 Å². The van der Waals surface area contributed by atoms with Crippen molar-refractivity contribution in [3.8, 4) is 5.75 Å². The van der Waals surface area contributed by atoms with Crippen molar-refractivity contribution in [3.63, 3.8) is 0 Å². The molecule has 168 valence electrons. The maximum absolute atomic E-state index is 14.4. The Kier molecular flexibility index (Phi) is 6.09. The summed E-state index contributed by atoms with van der Waals surface area (Å²) in [6, 6.07) is 6.71. The van der Waals surface area contributed by atoms with Gasteiger partial charge in [0, 0.05) is 36.8 Å². The number of nitrogens with one attached hydrogen (secondary N) is 1. The quantitative estimate of drug-likeness (QED) is 0.538. The van der Waals surface area contributed by atoms with Crippen LogP contribution in [-0.4, -0.2) is 41.8 Å². The van der Waals surface area contributed by atoms with Gasteiger partial charge in [-0.15, -0.1) is 0 Å². The van der Waals surface area contributed by atoms with Crippen molar-refractivity contribution in [2.45, 2.75) is 25.9 Å². The zero-order valence-corrected chi connectivity index (χ0v) is 17.6. The van der Waals surface area contributed by atoms with E-state index in [9.17, 15) is 18.7 Å². The maximum Gasteiger partial charge on any atom is 0.252 e. The van der Waals surface area contributed by atoms with E-state index in [1.54, 1.807) is 6.07 Å². The van der Waals surface area contributed by atoms with Crippen LogP contribution in [0.5, 0.6) is 5.75 Å². The Morgan fingerprint density at radius 3 is 2.69 bits per heavy atom. The number of carbonyl (C=O) groups is 1. The summed E-state index contributed by atoms with van der Waals surface area (Å²) in [6.45, 7) is 3.58. The number of aromatic nitrogens is 1. The number of hydrogen-bond donors (Lipinski definition) is 3. The van der Waals surface area contributed by atoms with Crippen molar-refractivity contribution < 1.29 is 23.4 Å². The Balaban J connectivity index is 1.88. The normalized spacial score (nSPS) is 14.6. The first-order valence-electron chi connectivity index (χ1n) is 10.4. The van der Waals surface area contributed by atoms with Crippen LogP contribution in [0.25, 0.3) is 10.9 Å². The third kappa shape index (κ3) is 4.29. The van der Waals surface area contributed by atoms with Gasteiger partial charge < -0.3 is 25.8 Å². The number of aliphatic hydroxyl groups excluding tert-OH is 1. The highest BCUT2D eigenvalue weighted by molar-refractivity contribution is 6.08. The Morgan fingerprint density at radius 1 is 1.28 bits per heavy atom. The zero-order valence-electron chi connectivity index (χ0n) is 17.6. The molecule has 0 bridgehead atoms. The molecular weight excluding hydrogens is 418 g/mol. The second kappa shape index (κ2) is 8.96. The van der Waals surface area contributed by atoms with Crippen LogP contribution in [0.2, 0.25) is 0 Å². The number of piperidine rings is 1. The van der Waals surface area contributed by atoms with Gasteiger partial charge in [-0.3, -0.25) is 9.78 Å². The molecule has 0 aliphatic carbocycles. The molecule has 0 saturated carbocycles. The number of rotatable bonds is 6. The van der Waals surface area contributed by atoms with Gasteiger partial charge in [0.1, 0.15) is 17.4 Å². The number of benzene rings is 2. The van der Waals surface area contributed by atoms with Gasteiger partial charge >= 0.3 is 0 Å². The molecule has 32 heavy (non-hydrogen) atoms. The summed E-state index contributed by atoms with van der Waals surface area (Å²) in [7, 11) is 0. The standard InChI is InChI=1S/C23H24F2N4O3/c1-2-32-21-11-19-15(10-20(21)29-7-5-14(30)6-8-29)22(16(12-27-19)23(26)31)28-18-4-3-13(24)9-17(18)25/h3-4,9-12,14,30H,2,5-8H2,1H3,(H2,26,31)(H,27,28). The molecule has 1 amide bonds. The van der Waals surface area contributed by atoms with E-state index in [0.29, 0.717) is 49.2 Å². The summed E-state index contributed by atoms with van der Waals surface area (Å²) < 4.78 is 33.6. The molecule has 0 radical (unpaired) electrons. The van der Waals surface area contributed by atoms with Crippen LogP contribution in [0, 0.1) is 11.6 Å². The van der Waals surface area contributed by atoms with Crippen LogP contribution in [0.4, 0.5) is 25.8 Å². The van der Waals surface area contributed by atoms with Gasteiger partial charge in [-0.1, -0.05) is 0 Å². The Labute approximate surface area is 183 Å². The number of carbonyl (C=O) groups excluding carboxylic acids is 1. The number of primary amides is 1. The highest BCUT2D eigenvalue weighted by Gasteiger charge is 2.23. The molecule has 3 aromatic rings. The Hall–Kier alpha value is -3.46. The largest absolute Gasteiger partial charge is 0.492 e. The third-order valence-corrected chi connectivity index (χ3v) is 5.51. The SMILES string of the molecule is CCOc1cc2ncc(C(N)=O)c(Nc3ccc(F)cc3F)c2cc1N1CCC(O)CC1. The van der Waals surface area contributed by atoms with Crippen molar-refractivity contribution in [3.05, 3.63) is 53.7 Å². The van der Waals surface area contributed by atoms with Gasteiger partial charge in [0.05, 0.1) is 40.9 Å². The lowest BCUT2D eigenvalue weighted by molar-refractivity contribution is 0.100. The highest BCUT2D eigenvalue weighted by atomic mass is 19.1. The van der Waals surface area contributed by atoms with E-state index in [-0.39, 0.29) is 23.0 Å². The molecule has 1 aromatic heterocycles. The number of nitrogens with two attached hydrogens (primary N) is 1. The smallest absolute Gasteiger partial charge is 0.252 e. The predicted octanol–water partition coefficient (Wildman–Crippen LogP) is 3.72. The third-order valence-electron chi connectivity index (χ3n) is 5.51. The average Bonchev–Trinajstić information content (AvgIpc) is 2.76. The molecular formula is C23H24F2N4O3. The highest BCUT2D eigenvalue weighted by Crippen LogP contribution is 2.39. The first kappa shape index (κ1) is 21.8. The van der Waals surface area contributed by atoms with E-state index in [4.69, 9.17) is 10.5 Å². The fourth-order valence-corrected chi connectivity index (χ4v) is 3.88. The number of nitrogens with zero attached hydrogens (tertiary/aromatic N) is 2.